The molecule has 0 aliphatic heterocycles. The first kappa shape index (κ1) is 17.9. The van der Waals surface area contributed by atoms with Crippen LogP contribution in [0.15, 0.2) is 53.5 Å². The van der Waals surface area contributed by atoms with E-state index in [4.69, 9.17) is 16.3 Å². The highest BCUT2D eigenvalue weighted by atomic mass is 35.5. The SMILES string of the molecule is COc1ccc(Cl)cc1CN(C)C(=O)Cn1ncc(=O)c2ccccc21. The van der Waals surface area contributed by atoms with Gasteiger partial charge in [-0.25, -0.2) is 0 Å². The molecule has 0 N–H and O–H groups in total. The van der Waals surface area contributed by atoms with Gasteiger partial charge in [-0.15, -0.1) is 0 Å². The van der Waals surface area contributed by atoms with Gasteiger partial charge in [-0.3, -0.25) is 14.3 Å². The molecule has 1 aromatic heterocycles. The van der Waals surface area contributed by atoms with Crippen molar-refractivity contribution in [3.05, 3.63) is 69.5 Å². The van der Waals surface area contributed by atoms with Crippen molar-refractivity contribution >= 4 is 28.4 Å². The molecule has 0 saturated heterocycles. The number of para-hydroxylation sites is 1. The van der Waals surface area contributed by atoms with Crippen molar-refractivity contribution in [3.8, 4) is 5.75 Å². The molecule has 7 heteroatoms. The summed E-state index contributed by atoms with van der Waals surface area (Å²) in [6.45, 7) is 0.376. The molecule has 3 aromatic rings. The maximum absolute atomic E-state index is 12.6. The molecule has 0 aliphatic rings. The van der Waals surface area contributed by atoms with Gasteiger partial charge in [0.1, 0.15) is 12.3 Å². The summed E-state index contributed by atoms with van der Waals surface area (Å²) in [4.78, 5) is 26.1. The lowest BCUT2D eigenvalue weighted by Gasteiger charge is -2.20. The van der Waals surface area contributed by atoms with E-state index in [0.29, 0.717) is 28.2 Å². The van der Waals surface area contributed by atoms with Crippen LogP contribution >= 0.6 is 11.6 Å². The van der Waals surface area contributed by atoms with Crippen molar-refractivity contribution in [2.24, 2.45) is 0 Å². The molecule has 1 amide bonds. The van der Waals surface area contributed by atoms with E-state index >= 15 is 0 Å². The van der Waals surface area contributed by atoms with Crippen LogP contribution in [0, 0.1) is 0 Å². The Labute approximate surface area is 155 Å². The highest BCUT2D eigenvalue weighted by molar-refractivity contribution is 6.30. The number of amides is 1. The lowest BCUT2D eigenvalue weighted by molar-refractivity contribution is -0.131. The van der Waals surface area contributed by atoms with E-state index in [9.17, 15) is 9.59 Å². The first-order valence-corrected chi connectivity index (χ1v) is 8.38. The molecule has 26 heavy (non-hydrogen) atoms. The van der Waals surface area contributed by atoms with Gasteiger partial charge in [0.15, 0.2) is 0 Å². The fourth-order valence-corrected chi connectivity index (χ4v) is 2.94. The molecule has 6 nitrogen and oxygen atoms in total. The number of carbonyl (C=O) groups is 1. The van der Waals surface area contributed by atoms with Gasteiger partial charge in [-0.1, -0.05) is 23.7 Å². The van der Waals surface area contributed by atoms with Crippen LogP contribution in [0.5, 0.6) is 5.75 Å². The number of ether oxygens (including phenoxy) is 1. The van der Waals surface area contributed by atoms with Crippen LogP contribution in [0.4, 0.5) is 0 Å². The Kier molecular flexibility index (Phi) is 5.23. The molecule has 2 aromatic carbocycles. The van der Waals surface area contributed by atoms with E-state index in [2.05, 4.69) is 5.10 Å². The third-order valence-corrected chi connectivity index (χ3v) is 4.36. The Morgan fingerprint density at radius 2 is 2.04 bits per heavy atom. The van der Waals surface area contributed by atoms with E-state index < -0.39 is 0 Å². The number of rotatable bonds is 5. The molecule has 0 unspecified atom stereocenters. The van der Waals surface area contributed by atoms with Crippen molar-refractivity contribution in [1.29, 1.82) is 0 Å². The van der Waals surface area contributed by atoms with Crippen LogP contribution in [0.1, 0.15) is 5.56 Å². The van der Waals surface area contributed by atoms with Crippen molar-refractivity contribution < 1.29 is 9.53 Å². The molecule has 0 atom stereocenters. The summed E-state index contributed by atoms with van der Waals surface area (Å²) >= 11 is 6.04. The van der Waals surface area contributed by atoms with Crippen LogP contribution in [0.25, 0.3) is 10.9 Å². The molecule has 1 heterocycles. The number of halogens is 1. The van der Waals surface area contributed by atoms with Gasteiger partial charge >= 0.3 is 0 Å². The van der Waals surface area contributed by atoms with E-state index in [1.807, 2.05) is 6.07 Å². The minimum absolute atomic E-state index is 0.0280. The number of benzene rings is 2. The number of hydrogen-bond donors (Lipinski definition) is 0. The highest BCUT2D eigenvalue weighted by Gasteiger charge is 2.15. The number of aromatic nitrogens is 2. The average molecular weight is 372 g/mol. The largest absolute Gasteiger partial charge is 0.496 e. The summed E-state index contributed by atoms with van der Waals surface area (Å²) in [5.41, 5.74) is 1.27. The predicted octanol–water partition coefficient (Wildman–Crippen LogP) is 2.72. The second kappa shape index (κ2) is 7.58. The van der Waals surface area contributed by atoms with Gasteiger partial charge < -0.3 is 9.64 Å². The van der Waals surface area contributed by atoms with Gasteiger partial charge in [-0.2, -0.15) is 5.10 Å². The van der Waals surface area contributed by atoms with Crippen molar-refractivity contribution in [3.63, 3.8) is 0 Å². The maximum Gasteiger partial charge on any atom is 0.244 e. The Morgan fingerprint density at radius 1 is 1.27 bits per heavy atom. The maximum atomic E-state index is 12.6. The summed E-state index contributed by atoms with van der Waals surface area (Å²) in [5.74, 6) is 0.523. The lowest BCUT2D eigenvalue weighted by atomic mass is 10.2. The monoisotopic (exact) mass is 371 g/mol. The second-order valence-corrected chi connectivity index (χ2v) is 6.33. The Morgan fingerprint density at radius 3 is 2.81 bits per heavy atom. The van der Waals surface area contributed by atoms with Crippen LogP contribution < -0.4 is 10.2 Å². The zero-order chi connectivity index (χ0) is 18.7. The normalized spacial score (nSPS) is 10.7. The van der Waals surface area contributed by atoms with Crippen LogP contribution in [-0.4, -0.2) is 34.7 Å². The van der Waals surface area contributed by atoms with Gasteiger partial charge in [-0.05, 0) is 30.3 Å². The first-order chi connectivity index (χ1) is 12.5. The van der Waals surface area contributed by atoms with Gasteiger partial charge in [0.2, 0.25) is 11.3 Å². The fourth-order valence-electron chi connectivity index (χ4n) is 2.75. The van der Waals surface area contributed by atoms with E-state index in [-0.39, 0.29) is 17.9 Å². The minimum Gasteiger partial charge on any atom is -0.496 e. The standard InChI is InChI=1S/C19H18ClN3O3/c1-22(11-13-9-14(20)7-8-18(13)26-2)19(25)12-23-16-6-4-3-5-15(16)17(24)10-21-23/h3-10H,11-12H2,1-2H3. The Bertz CT molecular complexity index is 1020. The predicted molar refractivity (Wildman–Crippen MR) is 100 cm³/mol. The van der Waals surface area contributed by atoms with Crippen LogP contribution in [0.2, 0.25) is 5.02 Å². The highest BCUT2D eigenvalue weighted by Crippen LogP contribution is 2.23. The van der Waals surface area contributed by atoms with Gasteiger partial charge in [0.25, 0.3) is 0 Å². The van der Waals surface area contributed by atoms with E-state index in [1.54, 1.807) is 55.5 Å². The topological polar surface area (TPSA) is 64.4 Å². The molecule has 0 spiro atoms. The number of methoxy groups -OCH3 is 1. The summed E-state index contributed by atoms with van der Waals surface area (Å²) in [5, 5.41) is 5.21. The minimum atomic E-state index is -0.165. The Hall–Kier alpha value is -2.86. The molecular formula is C19H18ClN3O3. The van der Waals surface area contributed by atoms with Gasteiger partial charge in [0, 0.05) is 29.6 Å². The number of carbonyl (C=O) groups excluding carboxylic acids is 1. The third kappa shape index (κ3) is 3.70. The second-order valence-electron chi connectivity index (χ2n) is 5.89. The van der Waals surface area contributed by atoms with E-state index in [1.165, 1.54) is 10.9 Å². The van der Waals surface area contributed by atoms with Crippen molar-refractivity contribution in [2.75, 3.05) is 14.2 Å². The molecule has 0 fully saturated rings. The molecule has 0 radical (unpaired) electrons. The first-order valence-electron chi connectivity index (χ1n) is 8.01. The van der Waals surface area contributed by atoms with Crippen LogP contribution in [-0.2, 0) is 17.9 Å². The summed E-state index contributed by atoms with van der Waals surface area (Å²) in [6, 6.07) is 12.4. The quantitative estimate of drug-likeness (QED) is 0.691. The summed E-state index contributed by atoms with van der Waals surface area (Å²) < 4.78 is 6.85. The number of likely N-dealkylation sites (N-methyl/N-ethyl adjacent to an activating group) is 1. The Balaban J connectivity index is 1.82. The molecule has 3 rings (SSSR count). The van der Waals surface area contributed by atoms with Crippen LogP contribution in [0.3, 0.4) is 0 Å². The van der Waals surface area contributed by atoms with E-state index in [0.717, 1.165) is 5.56 Å². The number of hydrogen-bond acceptors (Lipinski definition) is 4. The van der Waals surface area contributed by atoms with Crippen molar-refractivity contribution in [1.82, 2.24) is 14.7 Å². The lowest BCUT2D eigenvalue weighted by Crippen LogP contribution is -2.31. The summed E-state index contributed by atoms with van der Waals surface area (Å²) in [6.07, 6.45) is 1.23. The number of fused-ring (bicyclic) bond motifs is 1. The molecule has 0 aliphatic carbocycles. The fraction of sp³-hybridized carbons (Fsp3) is 0.211. The number of nitrogens with zero attached hydrogens (tertiary/aromatic N) is 3. The molecule has 0 saturated carbocycles. The zero-order valence-corrected chi connectivity index (χ0v) is 15.2. The molecule has 0 bridgehead atoms. The summed E-state index contributed by atoms with van der Waals surface area (Å²) in [7, 11) is 3.28. The molecule has 134 valence electrons. The third-order valence-electron chi connectivity index (χ3n) is 4.12. The zero-order valence-electron chi connectivity index (χ0n) is 14.5. The van der Waals surface area contributed by atoms with Crippen molar-refractivity contribution in [2.45, 2.75) is 13.1 Å². The average Bonchev–Trinajstić information content (AvgIpc) is 2.64. The van der Waals surface area contributed by atoms with Gasteiger partial charge in [0.05, 0.1) is 18.8 Å². The molecular weight excluding hydrogens is 354 g/mol. The smallest absolute Gasteiger partial charge is 0.244 e.